The molecule has 0 aliphatic rings. The topological polar surface area (TPSA) is 90.5 Å². The quantitative estimate of drug-likeness (QED) is 0.445. The van der Waals surface area contributed by atoms with Gasteiger partial charge >= 0.3 is 0 Å². The fraction of sp³-hybridized carbons (Fsp3) is 0.273. The molecule has 0 unspecified atom stereocenters. The summed E-state index contributed by atoms with van der Waals surface area (Å²) in [6.45, 7) is 4.50. The van der Waals surface area contributed by atoms with E-state index in [-0.39, 0.29) is 17.2 Å². The zero-order valence-corrected chi connectivity index (χ0v) is 18.4. The predicted octanol–water partition coefficient (Wildman–Crippen LogP) is 3.50. The number of aryl methyl sites for hydroxylation is 2. The van der Waals surface area contributed by atoms with Crippen LogP contribution in [0.15, 0.2) is 52.4 Å². The zero-order chi connectivity index (χ0) is 22.0. The minimum absolute atomic E-state index is 0.0850. The van der Waals surface area contributed by atoms with Crippen LogP contribution in [0.4, 0.5) is 5.69 Å². The number of ether oxygens (including phenoxy) is 1. The van der Waals surface area contributed by atoms with Gasteiger partial charge in [0.05, 0.1) is 29.5 Å². The molecule has 0 aliphatic heterocycles. The summed E-state index contributed by atoms with van der Waals surface area (Å²) >= 11 is 1.27. The van der Waals surface area contributed by atoms with Gasteiger partial charge in [-0.1, -0.05) is 36.9 Å². The van der Waals surface area contributed by atoms with Crippen molar-refractivity contribution in [2.75, 3.05) is 18.2 Å². The first kappa shape index (κ1) is 20.9. The minimum atomic E-state index is -0.183. The Morgan fingerprint density at radius 1 is 1.19 bits per heavy atom. The van der Waals surface area contributed by atoms with Gasteiger partial charge in [-0.3, -0.25) is 18.6 Å². The Morgan fingerprint density at radius 2 is 2.00 bits per heavy atom. The number of hydrogen-bond donors (Lipinski definition) is 1. The number of carbonyl (C=O) groups excluding carboxylic acids is 1. The van der Waals surface area contributed by atoms with Crippen molar-refractivity contribution < 1.29 is 9.53 Å². The van der Waals surface area contributed by atoms with Crippen LogP contribution in [0.5, 0.6) is 5.75 Å². The van der Waals surface area contributed by atoms with E-state index in [1.165, 1.54) is 11.8 Å². The van der Waals surface area contributed by atoms with Crippen molar-refractivity contribution in [1.29, 1.82) is 0 Å². The second kappa shape index (κ2) is 8.81. The Bertz CT molecular complexity index is 1330. The molecule has 0 saturated heterocycles. The predicted molar refractivity (Wildman–Crippen MR) is 122 cm³/mol. The number of fused-ring (bicyclic) bond motifs is 3. The van der Waals surface area contributed by atoms with Crippen LogP contribution in [-0.2, 0) is 11.3 Å². The van der Waals surface area contributed by atoms with Crippen molar-refractivity contribution in [3.05, 3.63) is 58.4 Å². The lowest BCUT2D eigenvalue weighted by molar-refractivity contribution is -0.113. The molecule has 0 radical (unpaired) electrons. The number of para-hydroxylation sites is 1. The summed E-state index contributed by atoms with van der Waals surface area (Å²) in [5, 5.41) is 12.6. The molecule has 2 heterocycles. The molecule has 0 fully saturated rings. The van der Waals surface area contributed by atoms with Crippen molar-refractivity contribution >= 4 is 40.0 Å². The molecule has 1 N–H and O–H groups in total. The Labute approximate surface area is 183 Å². The third-order valence-electron chi connectivity index (χ3n) is 4.89. The lowest BCUT2D eigenvalue weighted by Crippen LogP contribution is -2.23. The number of nitrogens with zero attached hydrogens (tertiary/aromatic N) is 4. The Kier molecular flexibility index (Phi) is 5.94. The molecular weight excluding hydrogens is 414 g/mol. The van der Waals surface area contributed by atoms with E-state index in [1.54, 1.807) is 17.7 Å². The lowest BCUT2D eigenvalue weighted by atomic mass is 10.2. The fourth-order valence-corrected chi connectivity index (χ4v) is 4.23. The first-order valence-corrected chi connectivity index (χ1v) is 11.0. The summed E-state index contributed by atoms with van der Waals surface area (Å²) < 4.78 is 8.81. The smallest absolute Gasteiger partial charge is 0.262 e. The maximum absolute atomic E-state index is 12.9. The first-order valence-electron chi connectivity index (χ1n) is 9.97. The van der Waals surface area contributed by atoms with Gasteiger partial charge < -0.3 is 10.1 Å². The van der Waals surface area contributed by atoms with E-state index in [0.717, 1.165) is 17.5 Å². The number of amides is 1. The van der Waals surface area contributed by atoms with E-state index in [2.05, 4.69) is 15.5 Å². The largest absolute Gasteiger partial charge is 0.495 e. The molecule has 0 bridgehead atoms. The van der Waals surface area contributed by atoms with Crippen LogP contribution in [0.3, 0.4) is 0 Å². The Hall–Kier alpha value is -3.33. The molecule has 8 nitrogen and oxygen atoms in total. The minimum Gasteiger partial charge on any atom is -0.495 e. The second-order valence-electron chi connectivity index (χ2n) is 7.13. The van der Waals surface area contributed by atoms with Crippen LogP contribution in [0.25, 0.3) is 16.7 Å². The number of anilines is 1. The van der Waals surface area contributed by atoms with Gasteiger partial charge in [-0.05, 0) is 43.2 Å². The van der Waals surface area contributed by atoms with Gasteiger partial charge in [0.2, 0.25) is 11.7 Å². The summed E-state index contributed by atoms with van der Waals surface area (Å²) in [5.74, 6) is 1.04. The molecule has 2 aromatic heterocycles. The number of methoxy groups -OCH3 is 1. The average molecular weight is 438 g/mol. The first-order chi connectivity index (χ1) is 15.0. The van der Waals surface area contributed by atoms with Crippen LogP contribution in [0, 0.1) is 6.92 Å². The standard InChI is InChI=1S/C22H23N5O3S/c1-4-11-26-20(29)15-7-5-6-8-17(15)27-21(26)24-25-22(27)31-13-19(28)23-16-12-14(2)9-10-18(16)30-3/h5-10,12H,4,11,13H2,1-3H3,(H,23,28). The maximum Gasteiger partial charge on any atom is 0.262 e. The molecule has 0 aliphatic carbocycles. The summed E-state index contributed by atoms with van der Waals surface area (Å²) in [7, 11) is 1.57. The molecule has 0 spiro atoms. The van der Waals surface area contributed by atoms with Gasteiger partial charge in [0, 0.05) is 6.54 Å². The van der Waals surface area contributed by atoms with Crippen LogP contribution in [0.2, 0.25) is 0 Å². The van der Waals surface area contributed by atoms with Crippen LogP contribution in [0.1, 0.15) is 18.9 Å². The van der Waals surface area contributed by atoms with E-state index >= 15 is 0 Å². The Balaban J connectivity index is 1.65. The number of aromatic nitrogens is 4. The van der Waals surface area contributed by atoms with E-state index in [1.807, 2.05) is 54.6 Å². The maximum atomic E-state index is 12.9. The molecule has 2 aromatic carbocycles. The lowest BCUT2D eigenvalue weighted by Gasteiger charge is -2.11. The number of nitrogens with one attached hydrogen (secondary N) is 1. The van der Waals surface area contributed by atoms with E-state index < -0.39 is 0 Å². The van der Waals surface area contributed by atoms with Crippen molar-refractivity contribution in [2.45, 2.75) is 32.0 Å². The molecular formula is C22H23N5O3S. The van der Waals surface area contributed by atoms with E-state index in [0.29, 0.717) is 34.3 Å². The van der Waals surface area contributed by atoms with Crippen LogP contribution >= 0.6 is 11.8 Å². The number of rotatable bonds is 7. The number of thioether (sulfide) groups is 1. The normalized spacial score (nSPS) is 11.2. The molecule has 0 saturated carbocycles. The van der Waals surface area contributed by atoms with Gasteiger partial charge in [-0.2, -0.15) is 0 Å². The number of hydrogen-bond acceptors (Lipinski definition) is 6. The molecule has 0 atom stereocenters. The van der Waals surface area contributed by atoms with Gasteiger partial charge in [-0.25, -0.2) is 0 Å². The molecule has 160 valence electrons. The molecule has 31 heavy (non-hydrogen) atoms. The van der Waals surface area contributed by atoms with Crippen molar-refractivity contribution in [1.82, 2.24) is 19.2 Å². The monoisotopic (exact) mass is 437 g/mol. The average Bonchev–Trinajstić information content (AvgIpc) is 3.19. The van der Waals surface area contributed by atoms with E-state index in [9.17, 15) is 9.59 Å². The summed E-state index contributed by atoms with van der Waals surface area (Å²) in [6.07, 6.45) is 0.796. The highest BCUT2D eigenvalue weighted by atomic mass is 32.2. The summed E-state index contributed by atoms with van der Waals surface area (Å²) in [6, 6.07) is 13.0. The highest BCUT2D eigenvalue weighted by molar-refractivity contribution is 7.99. The highest BCUT2D eigenvalue weighted by Gasteiger charge is 2.17. The van der Waals surface area contributed by atoms with E-state index in [4.69, 9.17) is 4.74 Å². The van der Waals surface area contributed by atoms with Gasteiger partial charge in [0.1, 0.15) is 5.75 Å². The molecule has 4 aromatic rings. The zero-order valence-electron chi connectivity index (χ0n) is 17.6. The summed E-state index contributed by atoms with van der Waals surface area (Å²) in [5.41, 5.74) is 2.29. The SMILES string of the molecule is CCCn1c(=O)c2ccccc2n2c(SCC(=O)Nc3cc(C)ccc3OC)nnc12. The third-order valence-corrected chi connectivity index (χ3v) is 5.82. The van der Waals surface area contributed by atoms with Crippen LogP contribution < -0.4 is 15.6 Å². The summed E-state index contributed by atoms with van der Waals surface area (Å²) in [4.78, 5) is 25.5. The second-order valence-corrected chi connectivity index (χ2v) is 8.08. The van der Waals surface area contributed by atoms with Crippen LogP contribution in [-0.4, -0.2) is 37.9 Å². The van der Waals surface area contributed by atoms with Crippen molar-refractivity contribution in [3.63, 3.8) is 0 Å². The highest BCUT2D eigenvalue weighted by Crippen LogP contribution is 2.26. The molecule has 4 rings (SSSR count). The molecule has 9 heteroatoms. The van der Waals surface area contributed by atoms with Gasteiger partial charge in [0.25, 0.3) is 5.56 Å². The fourth-order valence-electron chi connectivity index (χ4n) is 3.49. The van der Waals surface area contributed by atoms with Gasteiger partial charge in [0.15, 0.2) is 5.16 Å². The third kappa shape index (κ3) is 4.00. The molecule has 1 amide bonds. The van der Waals surface area contributed by atoms with Gasteiger partial charge in [-0.15, -0.1) is 10.2 Å². The number of benzene rings is 2. The Morgan fingerprint density at radius 3 is 2.77 bits per heavy atom. The van der Waals surface area contributed by atoms with Crippen molar-refractivity contribution in [2.24, 2.45) is 0 Å². The number of carbonyl (C=O) groups is 1. The van der Waals surface area contributed by atoms with Crippen molar-refractivity contribution in [3.8, 4) is 5.75 Å².